The highest BCUT2D eigenvalue weighted by Crippen LogP contribution is 2.27. The van der Waals surface area contributed by atoms with Gasteiger partial charge in [-0.25, -0.2) is 0 Å². The molecular weight excluding hydrogens is 202 g/mol. The molecule has 0 spiro atoms. The fourth-order valence-corrected chi connectivity index (χ4v) is 2.12. The summed E-state index contributed by atoms with van der Waals surface area (Å²) in [5, 5.41) is 0. The minimum Gasteiger partial charge on any atom is -0.252 e. The van der Waals surface area contributed by atoms with Crippen LogP contribution in [0.25, 0.3) is 10.4 Å². The van der Waals surface area contributed by atoms with E-state index in [2.05, 4.69) is 50.0 Å². The van der Waals surface area contributed by atoms with E-state index in [-0.39, 0.29) is 5.41 Å². The van der Waals surface area contributed by atoms with E-state index in [0.29, 0.717) is 0 Å². The van der Waals surface area contributed by atoms with Crippen LogP contribution in [0.1, 0.15) is 26.3 Å². The van der Waals surface area contributed by atoms with Crippen LogP contribution in [0.15, 0.2) is 36.0 Å². The van der Waals surface area contributed by atoms with Crippen molar-refractivity contribution in [3.05, 3.63) is 41.5 Å². The Labute approximate surface area is 94.8 Å². The first-order chi connectivity index (χ1) is 7.07. The first-order valence-corrected chi connectivity index (χ1v) is 5.95. The van der Waals surface area contributed by atoms with E-state index in [1.54, 1.807) is 11.3 Å². The molecule has 0 aliphatic carbocycles. The fraction of sp³-hybridized carbons (Fsp3) is 0.308. The maximum absolute atomic E-state index is 4.09. The van der Waals surface area contributed by atoms with Crippen molar-refractivity contribution in [1.82, 2.24) is 4.98 Å². The van der Waals surface area contributed by atoms with Crippen LogP contribution in [0.3, 0.4) is 0 Å². The highest BCUT2D eigenvalue weighted by atomic mass is 32.1. The van der Waals surface area contributed by atoms with Crippen molar-refractivity contribution in [2.45, 2.75) is 26.2 Å². The Balaban J connectivity index is 2.33. The lowest BCUT2D eigenvalue weighted by molar-refractivity contribution is 0.590. The topological polar surface area (TPSA) is 12.9 Å². The Hall–Kier alpha value is -1.15. The Bertz CT molecular complexity index is 421. The first kappa shape index (κ1) is 10.4. The van der Waals surface area contributed by atoms with Crippen molar-refractivity contribution >= 4 is 11.3 Å². The number of nitrogens with zero attached hydrogens (tertiary/aromatic N) is 1. The van der Waals surface area contributed by atoms with Crippen molar-refractivity contribution in [2.24, 2.45) is 0 Å². The molecular formula is C13H15NS. The highest BCUT2D eigenvalue weighted by molar-refractivity contribution is 7.13. The summed E-state index contributed by atoms with van der Waals surface area (Å²) in [7, 11) is 0. The molecule has 0 unspecified atom stereocenters. The molecule has 0 fully saturated rings. The standard InChI is InChI=1S/C13H15NS/c1-13(2,3)11-6-4-10(5-7-11)12-8-14-9-15-12/h4-9H,1-3H3. The maximum atomic E-state index is 4.09. The lowest BCUT2D eigenvalue weighted by atomic mass is 9.87. The summed E-state index contributed by atoms with van der Waals surface area (Å²) in [6.07, 6.45) is 1.91. The van der Waals surface area contributed by atoms with Gasteiger partial charge in [-0.05, 0) is 16.5 Å². The van der Waals surface area contributed by atoms with Crippen LogP contribution < -0.4 is 0 Å². The molecule has 0 aliphatic rings. The predicted molar refractivity (Wildman–Crippen MR) is 66.3 cm³/mol. The molecule has 1 aromatic heterocycles. The second-order valence-electron chi connectivity index (χ2n) is 4.69. The van der Waals surface area contributed by atoms with E-state index in [1.807, 2.05) is 11.7 Å². The Kier molecular flexibility index (Phi) is 2.61. The van der Waals surface area contributed by atoms with Gasteiger partial charge in [-0.15, -0.1) is 11.3 Å². The molecule has 2 rings (SSSR count). The van der Waals surface area contributed by atoms with Crippen molar-refractivity contribution in [2.75, 3.05) is 0 Å². The van der Waals surface area contributed by atoms with Gasteiger partial charge >= 0.3 is 0 Å². The minimum atomic E-state index is 0.228. The van der Waals surface area contributed by atoms with Crippen molar-refractivity contribution < 1.29 is 0 Å². The zero-order valence-corrected chi connectivity index (χ0v) is 10.1. The van der Waals surface area contributed by atoms with Gasteiger partial charge in [0.05, 0.1) is 10.4 Å². The molecule has 0 bridgehead atoms. The maximum Gasteiger partial charge on any atom is 0.0797 e. The van der Waals surface area contributed by atoms with E-state index in [4.69, 9.17) is 0 Å². The number of hydrogen-bond donors (Lipinski definition) is 0. The van der Waals surface area contributed by atoms with Gasteiger partial charge in [0.2, 0.25) is 0 Å². The molecule has 1 nitrogen and oxygen atoms in total. The molecule has 2 heteroatoms. The fourth-order valence-electron chi connectivity index (χ4n) is 1.49. The quantitative estimate of drug-likeness (QED) is 0.700. The van der Waals surface area contributed by atoms with E-state index >= 15 is 0 Å². The van der Waals surface area contributed by atoms with Crippen LogP contribution in [0.5, 0.6) is 0 Å². The summed E-state index contributed by atoms with van der Waals surface area (Å²) >= 11 is 1.68. The number of rotatable bonds is 1. The van der Waals surface area contributed by atoms with E-state index in [0.717, 1.165) is 0 Å². The molecule has 0 radical (unpaired) electrons. The summed E-state index contributed by atoms with van der Waals surface area (Å²) in [5.74, 6) is 0. The molecule has 15 heavy (non-hydrogen) atoms. The summed E-state index contributed by atoms with van der Waals surface area (Å²) < 4.78 is 0. The van der Waals surface area contributed by atoms with Gasteiger partial charge in [0, 0.05) is 6.20 Å². The third-order valence-corrected chi connectivity index (χ3v) is 3.29. The van der Waals surface area contributed by atoms with E-state index in [1.165, 1.54) is 16.0 Å². The zero-order chi connectivity index (χ0) is 10.9. The van der Waals surface area contributed by atoms with Crippen molar-refractivity contribution in [3.63, 3.8) is 0 Å². The number of hydrogen-bond acceptors (Lipinski definition) is 2. The minimum absolute atomic E-state index is 0.228. The van der Waals surface area contributed by atoms with E-state index < -0.39 is 0 Å². The van der Waals surface area contributed by atoms with Gasteiger partial charge < -0.3 is 0 Å². The van der Waals surface area contributed by atoms with Crippen LogP contribution in [-0.4, -0.2) is 4.98 Å². The molecule has 0 saturated heterocycles. The first-order valence-electron chi connectivity index (χ1n) is 5.07. The molecule has 0 atom stereocenters. The van der Waals surface area contributed by atoms with Gasteiger partial charge in [0.25, 0.3) is 0 Å². The lowest BCUT2D eigenvalue weighted by Crippen LogP contribution is -2.10. The third kappa shape index (κ3) is 2.26. The second-order valence-corrected chi connectivity index (χ2v) is 5.58. The average molecular weight is 217 g/mol. The zero-order valence-electron chi connectivity index (χ0n) is 9.32. The van der Waals surface area contributed by atoms with Gasteiger partial charge in [0.15, 0.2) is 0 Å². The summed E-state index contributed by atoms with van der Waals surface area (Å²) in [4.78, 5) is 5.32. The number of aromatic nitrogens is 1. The van der Waals surface area contributed by atoms with Crippen molar-refractivity contribution in [1.29, 1.82) is 0 Å². The number of thiazole rings is 1. The Morgan fingerprint density at radius 1 is 1.07 bits per heavy atom. The van der Waals surface area contributed by atoms with Crippen LogP contribution in [0.2, 0.25) is 0 Å². The van der Waals surface area contributed by atoms with E-state index in [9.17, 15) is 0 Å². The van der Waals surface area contributed by atoms with Gasteiger partial charge in [-0.3, -0.25) is 4.98 Å². The Morgan fingerprint density at radius 3 is 2.20 bits per heavy atom. The molecule has 2 aromatic rings. The van der Waals surface area contributed by atoms with Crippen LogP contribution in [0.4, 0.5) is 0 Å². The molecule has 0 N–H and O–H groups in total. The van der Waals surface area contributed by atoms with Crippen molar-refractivity contribution in [3.8, 4) is 10.4 Å². The highest BCUT2D eigenvalue weighted by Gasteiger charge is 2.13. The number of benzene rings is 1. The molecule has 0 amide bonds. The average Bonchev–Trinajstić information content (AvgIpc) is 2.69. The molecule has 1 aromatic carbocycles. The monoisotopic (exact) mass is 217 g/mol. The summed E-state index contributed by atoms with van der Waals surface area (Å²) in [5.41, 5.74) is 4.72. The molecule has 0 saturated carbocycles. The molecule has 78 valence electrons. The molecule has 0 aliphatic heterocycles. The predicted octanol–water partition coefficient (Wildman–Crippen LogP) is 4.11. The van der Waals surface area contributed by atoms with Gasteiger partial charge in [-0.2, -0.15) is 0 Å². The second kappa shape index (κ2) is 3.78. The third-order valence-electron chi connectivity index (χ3n) is 2.47. The van der Waals surface area contributed by atoms with Crippen LogP contribution in [0, 0.1) is 0 Å². The van der Waals surface area contributed by atoms with Gasteiger partial charge in [-0.1, -0.05) is 45.0 Å². The summed E-state index contributed by atoms with van der Waals surface area (Å²) in [6, 6.07) is 8.76. The molecule has 1 heterocycles. The van der Waals surface area contributed by atoms with Crippen LogP contribution in [-0.2, 0) is 5.41 Å². The SMILES string of the molecule is CC(C)(C)c1ccc(-c2cncs2)cc1. The summed E-state index contributed by atoms with van der Waals surface area (Å²) in [6.45, 7) is 6.69. The lowest BCUT2D eigenvalue weighted by Gasteiger charge is -2.18. The smallest absolute Gasteiger partial charge is 0.0797 e. The Morgan fingerprint density at radius 2 is 1.73 bits per heavy atom. The van der Waals surface area contributed by atoms with Crippen LogP contribution >= 0.6 is 11.3 Å². The largest absolute Gasteiger partial charge is 0.252 e. The van der Waals surface area contributed by atoms with Gasteiger partial charge in [0.1, 0.15) is 0 Å². The normalized spacial score (nSPS) is 11.7.